The van der Waals surface area contributed by atoms with E-state index in [4.69, 9.17) is 10.5 Å². The Balaban J connectivity index is 2.02. The second-order valence-corrected chi connectivity index (χ2v) is 4.08. The molecule has 74 valence electrons. The Hall–Kier alpha value is -0.610. The number of amides is 1. The molecule has 1 heterocycles. The summed E-state index contributed by atoms with van der Waals surface area (Å²) in [5.41, 5.74) is 5.33. The van der Waals surface area contributed by atoms with Gasteiger partial charge in [0.1, 0.15) is 0 Å². The molecule has 1 amide bonds. The molecule has 2 rings (SSSR count). The van der Waals surface area contributed by atoms with E-state index in [-0.39, 0.29) is 11.9 Å². The van der Waals surface area contributed by atoms with E-state index in [1.165, 1.54) is 0 Å². The van der Waals surface area contributed by atoms with E-state index >= 15 is 0 Å². The maximum absolute atomic E-state index is 11.8. The lowest BCUT2D eigenvalue weighted by Gasteiger charge is -2.35. The summed E-state index contributed by atoms with van der Waals surface area (Å²) in [6, 6.07) is 0.183. The topological polar surface area (TPSA) is 55.6 Å². The zero-order chi connectivity index (χ0) is 9.47. The van der Waals surface area contributed by atoms with E-state index in [2.05, 4.69) is 0 Å². The number of rotatable bonds is 1. The van der Waals surface area contributed by atoms with Gasteiger partial charge in [0.2, 0.25) is 5.91 Å². The summed E-state index contributed by atoms with van der Waals surface area (Å²) in [7, 11) is 0. The minimum absolute atomic E-state index is 0.114. The van der Waals surface area contributed by atoms with Gasteiger partial charge in [0.05, 0.1) is 24.8 Å². The number of nitrogens with zero attached hydrogens (tertiary/aromatic N) is 1. The summed E-state index contributed by atoms with van der Waals surface area (Å²) in [5.74, 6) is 0.114. The SMILES string of the molecule is CC1COCCN1C(=O)C1(N)CC1. The number of nitrogens with two attached hydrogens (primary N) is 1. The number of carbonyl (C=O) groups is 1. The molecule has 2 N–H and O–H groups in total. The van der Waals surface area contributed by atoms with E-state index in [1.54, 1.807) is 0 Å². The van der Waals surface area contributed by atoms with Crippen molar-refractivity contribution in [2.45, 2.75) is 31.3 Å². The van der Waals surface area contributed by atoms with Crippen molar-refractivity contribution in [2.24, 2.45) is 5.73 Å². The first-order chi connectivity index (χ1) is 6.13. The van der Waals surface area contributed by atoms with Crippen LogP contribution in [-0.4, -0.2) is 42.1 Å². The lowest BCUT2D eigenvalue weighted by molar-refractivity contribution is -0.141. The van der Waals surface area contributed by atoms with Gasteiger partial charge in [0, 0.05) is 6.54 Å². The summed E-state index contributed by atoms with van der Waals surface area (Å²) in [6.07, 6.45) is 1.69. The molecule has 0 aromatic heterocycles. The fourth-order valence-electron chi connectivity index (χ4n) is 1.66. The summed E-state index contributed by atoms with van der Waals surface area (Å²) >= 11 is 0. The smallest absolute Gasteiger partial charge is 0.243 e. The minimum Gasteiger partial charge on any atom is -0.377 e. The molecule has 4 heteroatoms. The maximum atomic E-state index is 11.8. The Labute approximate surface area is 78.0 Å². The average molecular weight is 184 g/mol. The highest BCUT2D eigenvalue weighted by Crippen LogP contribution is 2.34. The monoisotopic (exact) mass is 184 g/mol. The largest absolute Gasteiger partial charge is 0.377 e. The van der Waals surface area contributed by atoms with Crippen LogP contribution in [-0.2, 0) is 9.53 Å². The van der Waals surface area contributed by atoms with Gasteiger partial charge in [-0.3, -0.25) is 4.79 Å². The molecule has 13 heavy (non-hydrogen) atoms. The van der Waals surface area contributed by atoms with Crippen LogP contribution in [0.25, 0.3) is 0 Å². The average Bonchev–Trinajstić information content (AvgIpc) is 2.85. The normalized spacial score (nSPS) is 31.5. The van der Waals surface area contributed by atoms with Gasteiger partial charge < -0.3 is 15.4 Å². The van der Waals surface area contributed by atoms with Crippen LogP contribution in [0.3, 0.4) is 0 Å². The van der Waals surface area contributed by atoms with Crippen LogP contribution in [0.15, 0.2) is 0 Å². The second-order valence-electron chi connectivity index (χ2n) is 4.08. The van der Waals surface area contributed by atoms with Gasteiger partial charge in [-0.1, -0.05) is 0 Å². The minimum atomic E-state index is -0.522. The first kappa shape index (κ1) is 8.97. The lowest BCUT2D eigenvalue weighted by atomic mass is 10.2. The van der Waals surface area contributed by atoms with Crippen LogP contribution in [0.2, 0.25) is 0 Å². The van der Waals surface area contributed by atoms with Gasteiger partial charge >= 0.3 is 0 Å². The molecular formula is C9H16N2O2. The van der Waals surface area contributed by atoms with Crippen LogP contribution in [0.5, 0.6) is 0 Å². The quantitative estimate of drug-likeness (QED) is 0.610. The summed E-state index contributed by atoms with van der Waals surface area (Å²) in [5, 5.41) is 0. The van der Waals surface area contributed by atoms with Gasteiger partial charge in [0.25, 0.3) is 0 Å². The highest BCUT2D eigenvalue weighted by molar-refractivity contribution is 5.89. The predicted molar refractivity (Wildman–Crippen MR) is 48.1 cm³/mol. The fourth-order valence-corrected chi connectivity index (χ4v) is 1.66. The Kier molecular flexibility index (Phi) is 2.04. The summed E-state index contributed by atoms with van der Waals surface area (Å²) in [4.78, 5) is 13.7. The Bertz CT molecular complexity index is 226. The molecular weight excluding hydrogens is 168 g/mol. The van der Waals surface area contributed by atoms with Crippen molar-refractivity contribution in [3.8, 4) is 0 Å². The van der Waals surface area contributed by atoms with Crippen molar-refractivity contribution in [1.82, 2.24) is 4.90 Å². The third-order valence-corrected chi connectivity index (χ3v) is 2.84. The van der Waals surface area contributed by atoms with E-state index < -0.39 is 5.54 Å². The molecule has 1 aliphatic carbocycles. The standard InChI is InChI=1S/C9H16N2O2/c1-7-6-13-5-4-11(7)8(12)9(10)2-3-9/h7H,2-6,10H2,1H3. The van der Waals surface area contributed by atoms with Gasteiger partial charge in [0.15, 0.2) is 0 Å². The van der Waals surface area contributed by atoms with E-state index in [0.29, 0.717) is 19.8 Å². The number of hydrogen-bond donors (Lipinski definition) is 1. The molecule has 0 bridgehead atoms. The van der Waals surface area contributed by atoms with E-state index in [9.17, 15) is 4.79 Å². The Morgan fingerprint density at radius 2 is 2.31 bits per heavy atom. The maximum Gasteiger partial charge on any atom is 0.243 e. The zero-order valence-electron chi connectivity index (χ0n) is 7.95. The van der Waals surface area contributed by atoms with Crippen LogP contribution in [0.4, 0.5) is 0 Å². The Morgan fingerprint density at radius 1 is 1.62 bits per heavy atom. The zero-order valence-corrected chi connectivity index (χ0v) is 7.95. The lowest BCUT2D eigenvalue weighted by Crippen LogP contribution is -2.54. The van der Waals surface area contributed by atoms with Crippen LogP contribution in [0.1, 0.15) is 19.8 Å². The first-order valence-corrected chi connectivity index (χ1v) is 4.81. The molecule has 1 unspecified atom stereocenters. The first-order valence-electron chi connectivity index (χ1n) is 4.81. The van der Waals surface area contributed by atoms with Crippen molar-refractivity contribution >= 4 is 5.91 Å². The summed E-state index contributed by atoms with van der Waals surface area (Å²) < 4.78 is 5.26. The molecule has 0 radical (unpaired) electrons. The molecule has 1 atom stereocenters. The van der Waals surface area contributed by atoms with Crippen LogP contribution >= 0.6 is 0 Å². The number of ether oxygens (including phenoxy) is 1. The van der Waals surface area contributed by atoms with Crippen molar-refractivity contribution in [3.63, 3.8) is 0 Å². The number of morpholine rings is 1. The van der Waals surface area contributed by atoms with Gasteiger partial charge in [-0.2, -0.15) is 0 Å². The van der Waals surface area contributed by atoms with Crippen molar-refractivity contribution < 1.29 is 9.53 Å². The molecule has 2 fully saturated rings. The molecule has 0 aromatic carbocycles. The molecule has 1 saturated carbocycles. The van der Waals surface area contributed by atoms with Crippen molar-refractivity contribution in [2.75, 3.05) is 19.8 Å². The molecule has 1 aliphatic heterocycles. The molecule has 1 saturated heterocycles. The van der Waals surface area contributed by atoms with Crippen molar-refractivity contribution in [3.05, 3.63) is 0 Å². The van der Waals surface area contributed by atoms with Crippen molar-refractivity contribution in [1.29, 1.82) is 0 Å². The van der Waals surface area contributed by atoms with Gasteiger partial charge in [-0.05, 0) is 19.8 Å². The third-order valence-electron chi connectivity index (χ3n) is 2.84. The van der Waals surface area contributed by atoms with E-state index in [0.717, 1.165) is 12.8 Å². The van der Waals surface area contributed by atoms with Crippen LogP contribution < -0.4 is 5.73 Å². The second kappa shape index (κ2) is 2.96. The van der Waals surface area contributed by atoms with Gasteiger partial charge in [-0.25, -0.2) is 0 Å². The van der Waals surface area contributed by atoms with Gasteiger partial charge in [-0.15, -0.1) is 0 Å². The highest BCUT2D eigenvalue weighted by Gasteiger charge is 2.49. The molecule has 4 nitrogen and oxygen atoms in total. The highest BCUT2D eigenvalue weighted by atomic mass is 16.5. The summed E-state index contributed by atoms with van der Waals surface area (Å²) in [6.45, 7) is 3.98. The van der Waals surface area contributed by atoms with Crippen LogP contribution in [0, 0.1) is 0 Å². The third kappa shape index (κ3) is 1.56. The molecule has 0 aromatic rings. The Morgan fingerprint density at radius 3 is 2.85 bits per heavy atom. The molecule has 2 aliphatic rings. The number of hydrogen-bond acceptors (Lipinski definition) is 3. The predicted octanol–water partition coefficient (Wildman–Crippen LogP) is -0.275. The van der Waals surface area contributed by atoms with E-state index in [1.807, 2.05) is 11.8 Å². The fraction of sp³-hybridized carbons (Fsp3) is 0.889. The molecule has 0 spiro atoms. The number of carbonyl (C=O) groups excluding carboxylic acids is 1.